The molecule has 19 heavy (non-hydrogen) atoms. The number of nitrogens with two attached hydrogens (primary N) is 1. The number of fused-ring (bicyclic) bond motifs is 1. The first-order valence-electron chi connectivity index (χ1n) is 6.77. The van der Waals surface area contributed by atoms with Gasteiger partial charge in [0.25, 0.3) is 0 Å². The standard InChI is InChI=1S/C15H20ClN3/c1-9-3-11-5-13(16)12(6-14(11)18-9)15-4-10(7-17)8-19(15)2/h3,5-6,10,15,18H,4,7-8,17H2,1-2H3. The summed E-state index contributed by atoms with van der Waals surface area (Å²) in [6.07, 6.45) is 1.10. The van der Waals surface area contributed by atoms with Gasteiger partial charge in [0.2, 0.25) is 0 Å². The summed E-state index contributed by atoms with van der Waals surface area (Å²) in [5.74, 6) is 0.576. The van der Waals surface area contributed by atoms with E-state index in [1.807, 2.05) is 0 Å². The highest BCUT2D eigenvalue weighted by molar-refractivity contribution is 6.32. The molecule has 102 valence electrons. The van der Waals surface area contributed by atoms with E-state index in [1.54, 1.807) is 0 Å². The largest absolute Gasteiger partial charge is 0.359 e. The number of nitrogens with one attached hydrogen (secondary N) is 1. The summed E-state index contributed by atoms with van der Waals surface area (Å²) >= 11 is 6.48. The average molecular weight is 278 g/mol. The van der Waals surface area contributed by atoms with Gasteiger partial charge >= 0.3 is 0 Å². The Morgan fingerprint density at radius 3 is 2.89 bits per heavy atom. The Balaban J connectivity index is 2.02. The van der Waals surface area contributed by atoms with Crippen molar-refractivity contribution < 1.29 is 0 Å². The number of nitrogens with zero attached hydrogens (tertiary/aromatic N) is 1. The molecule has 2 atom stereocenters. The van der Waals surface area contributed by atoms with Crippen molar-refractivity contribution in [2.75, 3.05) is 20.1 Å². The van der Waals surface area contributed by atoms with E-state index < -0.39 is 0 Å². The van der Waals surface area contributed by atoms with E-state index in [0.29, 0.717) is 12.0 Å². The van der Waals surface area contributed by atoms with Gasteiger partial charge in [0.15, 0.2) is 0 Å². The maximum absolute atomic E-state index is 6.48. The lowest BCUT2D eigenvalue weighted by Crippen LogP contribution is -2.20. The summed E-state index contributed by atoms with van der Waals surface area (Å²) in [4.78, 5) is 5.75. The molecular formula is C15H20ClN3. The van der Waals surface area contributed by atoms with Crippen LogP contribution < -0.4 is 5.73 Å². The molecule has 1 saturated heterocycles. The van der Waals surface area contributed by atoms with Crippen LogP contribution >= 0.6 is 11.6 Å². The number of aromatic amines is 1. The zero-order valence-corrected chi connectivity index (χ0v) is 12.2. The van der Waals surface area contributed by atoms with E-state index in [1.165, 1.54) is 22.2 Å². The van der Waals surface area contributed by atoms with Gasteiger partial charge in [0.1, 0.15) is 0 Å². The highest BCUT2D eigenvalue weighted by atomic mass is 35.5. The molecule has 0 saturated carbocycles. The normalized spacial score (nSPS) is 24.4. The Labute approximate surface area is 118 Å². The minimum Gasteiger partial charge on any atom is -0.359 e. The van der Waals surface area contributed by atoms with E-state index in [9.17, 15) is 0 Å². The first kappa shape index (κ1) is 13.0. The second-order valence-electron chi connectivity index (χ2n) is 5.71. The van der Waals surface area contributed by atoms with Crippen LogP contribution in [0.1, 0.15) is 23.7 Å². The molecule has 4 heteroatoms. The van der Waals surface area contributed by atoms with Gasteiger partial charge in [-0.2, -0.15) is 0 Å². The van der Waals surface area contributed by atoms with Gasteiger partial charge in [0, 0.05) is 34.2 Å². The lowest BCUT2D eigenvalue weighted by molar-refractivity contribution is 0.314. The fourth-order valence-electron chi connectivity index (χ4n) is 3.21. The van der Waals surface area contributed by atoms with Crippen LogP contribution in [0.2, 0.25) is 5.02 Å². The van der Waals surface area contributed by atoms with Gasteiger partial charge in [-0.05, 0) is 56.6 Å². The molecule has 2 unspecified atom stereocenters. The maximum Gasteiger partial charge on any atom is 0.0461 e. The number of rotatable bonds is 2. The molecule has 2 aromatic rings. The van der Waals surface area contributed by atoms with Crippen LogP contribution in [0.3, 0.4) is 0 Å². The van der Waals surface area contributed by atoms with Crippen molar-refractivity contribution in [3.8, 4) is 0 Å². The SMILES string of the molecule is Cc1cc2cc(Cl)c(C3CC(CN)CN3C)cc2[nH]1. The topological polar surface area (TPSA) is 45.0 Å². The minimum atomic E-state index is 0.383. The maximum atomic E-state index is 6.48. The Morgan fingerprint density at radius 1 is 1.42 bits per heavy atom. The Hall–Kier alpha value is -1.03. The summed E-state index contributed by atoms with van der Waals surface area (Å²) < 4.78 is 0. The predicted octanol–water partition coefficient (Wildman–Crippen LogP) is 3.08. The second kappa shape index (κ2) is 4.82. The molecule has 2 heterocycles. The molecule has 0 aliphatic carbocycles. The van der Waals surface area contributed by atoms with Gasteiger partial charge in [-0.3, -0.25) is 4.90 Å². The van der Waals surface area contributed by atoms with Crippen molar-refractivity contribution in [2.24, 2.45) is 11.7 Å². The smallest absolute Gasteiger partial charge is 0.0461 e. The fraction of sp³-hybridized carbons (Fsp3) is 0.467. The van der Waals surface area contributed by atoms with Crippen LogP contribution in [0, 0.1) is 12.8 Å². The van der Waals surface area contributed by atoms with Crippen LogP contribution in [0.5, 0.6) is 0 Å². The Morgan fingerprint density at radius 2 is 2.21 bits per heavy atom. The molecule has 1 aromatic carbocycles. The second-order valence-corrected chi connectivity index (χ2v) is 6.11. The molecular weight excluding hydrogens is 258 g/mol. The minimum absolute atomic E-state index is 0.383. The number of H-pyrrole nitrogens is 1. The van der Waals surface area contributed by atoms with Gasteiger partial charge in [-0.25, -0.2) is 0 Å². The van der Waals surface area contributed by atoms with Crippen molar-refractivity contribution >= 4 is 22.5 Å². The summed E-state index contributed by atoms with van der Waals surface area (Å²) in [5.41, 5.74) is 9.36. The number of hydrogen-bond donors (Lipinski definition) is 2. The monoisotopic (exact) mass is 277 g/mol. The van der Waals surface area contributed by atoms with E-state index >= 15 is 0 Å². The van der Waals surface area contributed by atoms with E-state index in [2.05, 4.69) is 42.1 Å². The van der Waals surface area contributed by atoms with Crippen molar-refractivity contribution in [3.63, 3.8) is 0 Å². The molecule has 0 bridgehead atoms. The summed E-state index contributed by atoms with van der Waals surface area (Å²) in [5, 5.41) is 2.04. The number of aryl methyl sites for hydroxylation is 1. The van der Waals surface area contributed by atoms with Crippen molar-refractivity contribution in [3.05, 3.63) is 34.5 Å². The van der Waals surface area contributed by atoms with E-state index in [4.69, 9.17) is 17.3 Å². The van der Waals surface area contributed by atoms with Gasteiger partial charge in [0.05, 0.1) is 0 Å². The molecule has 0 amide bonds. The van der Waals surface area contributed by atoms with Crippen LogP contribution in [0.25, 0.3) is 10.9 Å². The number of halogens is 1. The van der Waals surface area contributed by atoms with Crippen molar-refractivity contribution in [2.45, 2.75) is 19.4 Å². The third-order valence-corrected chi connectivity index (χ3v) is 4.53. The number of benzene rings is 1. The molecule has 3 N–H and O–H groups in total. The van der Waals surface area contributed by atoms with Crippen molar-refractivity contribution in [1.29, 1.82) is 0 Å². The molecule has 1 aliphatic rings. The van der Waals surface area contributed by atoms with E-state index in [-0.39, 0.29) is 0 Å². The first-order valence-corrected chi connectivity index (χ1v) is 7.15. The molecule has 3 rings (SSSR count). The third-order valence-electron chi connectivity index (χ3n) is 4.20. The number of aromatic nitrogens is 1. The molecule has 0 spiro atoms. The summed E-state index contributed by atoms with van der Waals surface area (Å²) in [6, 6.07) is 6.78. The number of likely N-dealkylation sites (tertiary alicyclic amines) is 1. The lowest BCUT2D eigenvalue weighted by atomic mass is 9.99. The molecule has 3 nitrogen and oxygen atoms in total. The Kier molecular flexibility index (Phi) is 3.29. The quantitative estimate of drug-likeness (QED) is 0.886. The first-order chi connectivity index (χ1) is 9.08. The molecule has 0 radical (unpaired) electrons. The van der Waals surface area contributed by atoms with Gasteiger partial charge in [-0.15, -0.1) is 0 Å². The van der Waals surface area contributed by atoms with Crippen LogP contribution in [0.15, 0.2) is 18.2 Å². The zero-order valence-electron chi connectivity index (χ0n) is 11.4. The number of hydrogen-bond acceptors (Lipinski definition) is 2. The van der Waals surface area contributed by atoms with Gasteiger partial charge < -0.3 is 10.7 Å². The molecule has 1 aliphatic heterocycles. The summed E-state index contributed by atoms with van der Waals surface area (Å²) in [6.45, 7) is 3.88. The average Bonchev–Trinajstić information content (AvgIpc) is 2.90. The molecule has 1 fully saturated rings. The highest BCUT2D eigenvalue weighted by Crippen LogP contribution is 2.38. The molecule has 1 aromatic heterocycles. The lowest BCUT2D eigenvalue weighted by Gasteiger charge is -2.20. The zero-order chi connectivity index (χ0) is 13.6. The van der Waals surface area contributed by atoms with Crippen LogP contribution in [0.4, 0.5) is 0 Å². The van der Waals surface area contributed by atoms with Gasteiger partial charge in [-0.1, -0.05) is 11.6 Å². The van der Waals surface area contributed by atoms with E-state index in [0.717, 1.165) is 24.5 Å². The Bertz CT molecular complexity index is 605. The van der Waals surface area contributed by atoms with Crippen LogP contribution in [-0.2, 0) is 0 Å². The summed E-state index contributed by atoms with van der Waals surface area (Å²) in [7, 11) is 2.15. The highest BCUT2D eigenvalue weighted by Gasteiger charge is 2.31. The van der Waals surface area contributed by atoms with Crippen LogP contribution in [-0.4, -0.2) is 30.0 Å². The van der Waals surface area contributed by atoms with Crippen molar-refractivity contribution in [1.82, 2.24) is 9.88 Å². The third kappa shape index (κ3) is 2.27. The fourth-order valence-corrected chi connectivity index (χ4v) is 3.51. The predicted molar refractivity (Wildman–Crippen MR) is 80.6 cm³/mol.